The number of nitrogens with zero attached hydrogens (tertiary/aromatic N) is 2. The summed E-state index contributed by atoms with van der Waals surface area (Å²) in [5.74, 6) is -0.128. The Hall–Kier alpha value is -3.90. The third-order valence-corrected chi connectivity index (χ3v) is 8.98. The number of aromatic nitrogens is 1. The molecule has 0 radical (unpaired) electrons. The summed E-state index contributed by atoms with van der Waals surface area (Å²) in [5.41, 5.74) is 2.37. The van der Waals surface area contributed by atoms with E-state index in [0.717, 1.165) is 28.7 Å². The fraction of sp³-hybridized carbons (Fsp3) is 0.361. The van der Waals surface area contributed by atoms with E-state index in [-0.39, 0.29) is 18.1 Å². The number of carbonyl (C=O) groups is 3. The number of morpholine rings is 1. The van der Waals surface area contributed by atoms with Crippen LogP contribution < -0.4 is 15.4 Å². The van der Waals surface area contributed by atoms with E-state index in [4.69, 9.17) is 21.1 Å². The summed E-state index contributed by atoms with van der Waals surface area (Å²) in [6.45, 7) is 10.1. The highest BCUT2D eigenvalue weighted by molar-refractivity contribution is 9.10. The molecule has 1 unspecified atom stereocenters. The first-order chi connectivity index (χ1) is 23.0. The molecule has 5 rings (SSSR count). The molecular weight excluding hydrogens is 698 g/mol. The van der Waals surface area contributed by atoms with E-state index in [1.54, 1.807) is 18.2 Å². The van der Waals surface area contributed by atoms with Crippen molar-refractivity contribution in [3.63, 3.8) is 0 Å². The van der Waals surface area contributed by atoms with Crippen molar-refractivity contribution >= 4 is 56.7 Å². The lowest BCUT2D eigenvalue weighted by Gasteiger charge is -2.31. The Morgan fingerprint density at radius 2 is 1.83 bits per heavy atom. The fourth-order valence-electron chi connectivity index (χ4n) is 5.65. The standard InChI is InChI=1S/C36H41BrClN5O5/c1-36(2,3)41-35(46)33(43(23-44)21-24-8-11-27(12-9-24)48-22-25-6-4-5-7-29(25)37)31-28-13-10-26(38)20-30(28)40-32(31)34(45)39-14-15-42-16-18-47-19-17-42/h4-13,20,23,33,40H,14-19,21-22H2,1-3H3,(H,39,45)(H,41,46). The van der Waals surface area contributed by atoms with E-state index in [1.165, 1.54) is 4.90 Å². The molecule has 10 nitrogen and oxygen atoms in total. The summed E-state index contributed by atoms with van der Waals surface area (Å²) in [4.78, 5) is 47.6. The lowest BCUT2D eigenvalue weighted by Crippen LogP contribution is -2.48. The average Bonchev–Trinajstić information content (AvgIpc) is 3.42. The highest BCUT2D eigenvalue weighted by Crippen LogP contribution is 2.34. The number of rotatable bonds is 13. The maximum atomic E-state index is 14.1. The Labute approximate surface area is 294 Å². The fourth-order valence-corrected chi connectivity index (χ4v) is 6.22. The zero-order chi connectivity index (χ0) is 34.3. The molecule has 3 N–H and O–H groups in total. The van der Waals surface area contributed by atoms with Crippen LogP contribution in [0, 0.1) is 0 Å². The van der Waals surface area contributed by atoms with Gasteiger partial charge in [0.2, 0.25) is 12.3 Å². The van der Waals surface area contributed by atoms with E-state index < -0.39 is 17.5 Å². The molecule has 0 spiro atoms. The number of carbonyl (C=O) groups excluding carboxylic acids is 3. The van der Waals surface area contributed by atoms with Crippen molar-refractivity contribution in [1.29, 1.82) is 0 Å². The van der Waals surface area contributed by atoms with Crippen LogP contribution >= 0.6 is 27.5 Å². The second-order valence-electron chi connectivity index (χ2n) is 12.8. The highest BCUT2D eigenvalue weighted by Gasteiger charge is 2.35. The van der Waals surface area contributed by atoms with E-state index >= 15 is 0 Å². The molecule has 1 saturated heterocycles. The zero-order valence-electron chi connectivity index (χ0n) is 27.4. The van der Waals surface area contributed by atoms with Crippen LogP contribution in [0.25, 0.3) is 10.9 Å². The van der Waals surface area contributed by atoms with Gasteiger partial charge in [0.15, 0.2) is 0 Å². The first-order valence-electron chi connectivity index (χ1n) is 15.9. The van der Waals surface area contributed by atoms with Crippen molar-refractivity contribution in [1.82, 2.24) is 25.4 Å². The molecule has 0 aliphatic carbocycles. The normalized spacial score (nSPS) is 14.4. The molecule has 12 heteroatoms. The molecule has 1 fully saturated rings. The van der Waals surface area contributed by atoms with Crippen molar-refractivity contribution in [3.8, 4) is 5.75 Å². The molecule has 0 bridgehead atoms. The molecule has 1 aliphatic heterocycles. The van der Waals surface area contributed by atoms with Gasteiger partial charge in [-0.05, 0) is 56.7 Å². The maximum absolute atomic E-state index is 14.1. The number of amides is 3. The van der Waals surface area contributed by atoms with E-state index in [1.807, 2.05) is 69.3 Å². The number of hydrogen-bond donors (Lipinski definition) is 3. The Kier molecular flexibility index (Phi) is 11.8. The smallest absolute Gasteiger partial charge is 0.268 e. The van der Waals surface area contributed by atoms with Gasteiger partial charge in [-0.15, -0.1) is 0 Å². The van der Waals surface area contributed by atoms with Gasteiger partial charge in [0.05, 0.1) is 13.2 Å². The van der Waals surface area contributed by atoms with E-state index in [2.05, 4.69) is 36.4 Å². The van der Waals surface area contributed by atoms with Gasteiger partial charge in [0.1, 0.15) is 24.1 Å². The van der Waals surface area contributed by atoms with Crippen LogP contribution in [0.15, 0.2) is 71.2 Å². The van der Waals surface area contributed by atoms with Crippen LogP contribution in [-0.4, -0.2) is 77.9 Å². The summed E-state index contributed by atoms with van der Waals surface area (Å²) in [6, 6.07) is 19.3. The molecule has 3 amide bonds. The molecule has 4 aromatic rings. The molecule has 1 aromatic heterocycles. The largest absolute Gasteiger partial charge is 0.489 e. The van der Waals surface area contributed by atoms with Crippen LogP contribution in [0.5, 0.6) is 5.75 Å². The Morgan fingerprint density at radius 1 is 1.10 bits per heavy atom. The molecule has 0 saturated carbocycles. The van der Waals surface area contributed by atoms with Gasteiger partial charge in [-0.1, -0.05) is 63.9 Å². The number of fused-ring (bicyclic) bond motifs is 1. The van der Waals surface area contributed by atoms with Crippen molar-refractivity contribution in [2.45, 2.75) is 45.5 Å². The van der Waals surface area contributed by atoms with Gasteiger partial charge in [-0.25, -0.2) is 0 Å². The molecule has 1 atom stereocenters. The summed E-state index contributed by atoms with van der Waals surface area (Å²) < 4.78 is 12.4. The minimum absolute atomic E-state index is 0.106. The summed E-state index contributed by atoms with van der Waals surface area (Å²) in [5, 5.41) is 7.12. The van der Waals surface area contributed by atoms with Gasteiger partial charge in [-0.3, -0.25) is 19.3 Å². The predicted octanol–water partition coefficient (Wildman–Crippen LogP) is 5.84. The number of halogens is 2. The molecule has 3 aromatic carbocycles. The Balaban J connectivity index is 1.43. The van der Waals surface area contributed by atoms with Crippen LogP contribution in [0.1, 0.15) is 54.0 Å². The number of hydrogen-bond acceptors (Lipinski definition) is 6. The topological polar surface area (TPSA) is 116 Å². The molecular formula is C36H41BrClN5O5. The third kappa shape index (κ3) is 9.16. The number of benzene rings is 3. The number of H-pyrrole nitrogens is 1. The van der Waals surface area contributed by atoms with Gasteiger partial charge in [0.25, 0.3) is 5.91 Å². The van der Waals surface area contributed by atoms with E-state index in [0.29, 0.717) is 66.6 Å². The number of nitrogens with one attached hydrogen (secondary N) is 3. The maximum Gasteiger partial charge on any atom is 0.268 e. The second kappa shape index (κ2) is 16.0. The summed E-state index contributed by atoms with van der Waals surface area (Å²) in [7, 11) is 0. The first kappa shape index (κ1) is 35.4. The van der Waals surface area contributed by atoms with Crippen molar-refractivity contribution in [2.24, 2.45) is 0 Å². The Bertz CT molecular complexity index is 1730. The average molecular weight is 739 g/mol. The molecule has 254 valence electrons. The molecule has 2 heterocycles. The third-order valence-electron chi connectivity index (χ3n) is 7.97. The van der Waals surface area contributed by atoms with Crippen LogP contribution in [0.2, 0.25) is 5.02 Å². The minimum atomic E-state index is -1.14. The van der Waals surface area contributed by atoms with Crippen LogP contribution in [0.4, 0.5) is 0 Å². The van der Waals surface area contributed by atoms with E-state index in [9.17, 15) is 14.4 Å². The number of ether oxygens (including phenoxy) is 2. The van der Waals surface area contributed by atoms with Crippen molar-refractivity contribution < 1.29 is 23.9 Å². The van der Waals surface area contributed by atoms with Gasteiger partial charge < -0.3 is 30.0 Å². The monoisotopic (exact) mass is 737 g/mol. The molecule has 1 aliphatic rings. The van der Waals surface area contributed by atoms with Crippen LogP contribution in [0.3, 0.4) is 0 Å². The minimum Gasteiger partial charge on any atom is -0.489 e. The highest BCUT2D eigenvalue weighted by atomic mass is 79.9. The Morgan fingerprint density at radius 3 is 2.52 bits per heavy atom. The zero-order valence-corrected chi connectivity index (χ0v) is 29.7. The number of aromatic amines is 1. The van der Waals surface area contributed by atoms with Gasteiger partial charge in [0, 0.05) is 69.8 Å². The summed E-state index contributed by atoms with van der Waals surface area (Å²) >= 11 is 9.88. The lowest BCUT2D eigenvalue weighted by atomic mass is 9.97. The summed E-state index contributed by atoms with van der Waals surface area (Å²) in [6.07, 6.45) is 0.652. The lowest BCUT2D eigenvalue weighted by molar-refractivity contribution is -0.134. The van der Waals surface area contributed by atoms with Crippen molar-refractivity contribution in [2.75, 3.05) is 39.4 Å². The second-order valence-corrected chi connectivity index (χ2v) is 14.0. The van der Waals surface area contributed by atoms with Gasteiger partial charge in [-0.2, -0.15) is 0 Å². The quantitative estimate of drug-likeness (QED) is 0.149. The SMILES string of the molecule is CC(C)(C)NC(=O)C(c1c(C(=O)NCCN2CCOCC2)[nH]c2cc(Cl)ccc12)N(C=O)Cc1ccc(OCc2ccccc2Br)cc1. The predicted molar refractivity (Wildman–Crippen MR) is 190 cm³/mol. The van der Waals surface area contributed by atoms with Crippen LogP contribution in [-0.2, 0) is 27.5 Å². The van der Waals surface area contributed by atoms with Gasteiger partial charge >= 0.3 is 0 Å². The first-order valence-corrected chi connectivity index (χ1v) is 17.1. The molecule has 48 heavy (non-hydrogen) atoms. The van der Waals surface area contributed by atoms with Crippen molar-refractivity contribution in [3.05, 3.63) is 98.6 Å².